The van der Waals surface area contributed by atoms with E-state index in [1.165, 1.54) is 32.1 Å². The Kier molecular flexibility index (Phi) is 4.61. The van der Waals surface area contributed by atoms with Crippen molar-refractivity contribution < 1.29 is 15.0 Å². The van der Waals surface area contributed by atoms with Gasteiger partial charge in [0, 0.05) is 11.8 Å². The van der Waals surface area contributed by atoms with E-state index in [-0.39, 0.29) is 17.3 Å². The smallest absolute Gasteiger partial charge is 0.139 e. The van der Waals surface area contributed by atoms with Crippen molar-refractivity contribution in [3.63, 3.8) is 0 Å². The highest BCUT2D eigenvalue weighted by Gasteiger charge is 2.57. The van der Waals surface area contributed by atoms with E-state index in [2.05, 4.69) is 11.8 Å². The Bertz CT molecular complexity index is 483. The first-order valence-electron chi connectivity index (χ1n) is 8.91. The van der Waals surface area contributed by atoms with Gasteiger partial charge in [-0.05, 0) is 31.1 Å². The molecule has 3 rings (SSSR count). The molecule has 5 atom stereocenters. The molecule has 3 aliphatic carbocycles. The van der Waals surface area contributed by atoms with E-state index in [9.17, 15) is 15.0 Å². The molecule has 0 saturated heterocycles. The van der Waals surface area contributed by atoms with Gasteiger partial charge in [-0.25, -0.2) is 0 Å². The molecule has 0 aliphatic heterocycles. The van der Waals surface area contributed by atoms with Gasteiger partial charge < -0.3 is 10.2 Å². The minimum atomic E-state index is -0.584. The number of fused-ring (bicyclic) bond motifs is 1. The van der Waals surface area contributed by atoms with Gasteiger partial charge in [0.05, 0.1) is 12.0 Å². The van der Waals surface area contributed by atoms with Crippen LogP contribution in [0.25, 0.3) is 0 Å². The van der Waals surface area contributed by atoms with Gasteiger partial charge >= 0.3 is 0 Å². The number of carbonyl (C=O) groups is 1. The van der Waals surface area contributed by atoms with Crippen LogP contribution in [0.15, 0.2) is 0 Å². The van der Waals surface area contributed by atoms with Crippen molar-refractivity contribution in [3.8, 4) is 11.8 Å². The van der Waals surface area contributed by atoms with Gasteiger partial charge in [0.15, 0.2) is 0 Å². The fourth-order valence-corrected chi connectivity index (χ4v) is 4.66. The van der Waals surface area contributed by atoms with Crippen molar-refractivity contribution in [1.82, 2.24) is 0 Å². The Labute approximate surface area is 133 Å². The second-order valence-corrected chi connectivity index (χ2v) is 7.83. The Hall–Kier alpha value is -0.850. The molecule has 0 radical (unpaired) electrons. The van der Waals surface area contributed by atoms with Crippen molar-refractivity contribution in [2.75, 3.05) is 0 Å². The topological polar surface area (TPSA) is 57.5 Å². The Morgan fingerprint density at radius 1 is 1.27 bits per heavy atom. The molecule has 0 spiro atoms. The van der Waals surface area contributed by atoms with Gasteiger partial charge in [0.1, 0.15) is 11.9 Å². The van der Waals surface area contributed by atoms with Crippen LogP contribution in [0.4, 0.5) is 0 Å². The lowest BCUT2D eigenvalue weighted by molar-refractivity contribution is -0.156. The number of aliphatic hydroxyl groups excluding tert-OH is 2. The molecule has 22 heavy (non-hydrogen) atoms. The highest BCUT2D eigenvalue weighted by atomic mass is 16.3. The molecular weight excluding hydrogens is 276 g/mol. The molecule has 0 aromatic carbocycles. The molecule has 3 aliphatic rings. The van der Waals surface area contributed by atoms with Crippen molar-refractivity contribution in [3.05, 3.63) is 0 Å². The van der Waals surface area contributed by atoms with Crippen LogP contribution in [0, 0.1) is 35.0 Å². The van der Waals surface area contributed by atoms with E-state index in [0.717, 1.165) is 12.8 Å². The summed E-state index contributed by atoms with van der Waals surface area (Å²) in [5.74, 6) is 7.07. The van der Waals surface area contributed by atoms with Crippen LogP contribution in [-0.2, 0) is 4.79 Å². The van der Waals surface area contributed by atoms with Crippen LogP contribution in [0.5, 0.6) is 0 Å². The van der Waals surface area contributed by atoms with Crippen molar-refractivity contribution in [2.24, 2.45) is 23.2 Å². The maximum absolute atomic E-state index is 11.9. The number of ketones is 1. The van der Waals surface area contributed by atoms with E-state index >= 15 is 0 Å². The predicted molar refractivity (Wildman–Crippen MR) is 84.9 cm³/mol. The molecule has 3 saturated carbocycles. The Balaban J connectivity index is 1.60. The lowest BCUT2D eigenvalue weighted by Gasteiger charge is -2.52. The summed E-state index contributed by atoms with van der Waals surface area (Å²) < 4.78 is 0. The van der Waals surface area contributed by atoms with Gasteiger partial charge in [0.25, 0.3) is 0 Å². The lowest BCUT2D eigenvalue weighted by Crippen LogP contribution is -2.56. The fraction of sp³-hybridized carbons (Fsp3) is 0.842. The van der Waals surface area contributed by atoms with Crippen LogP contribution in [0.3, 0.4) is 0 Å². The van der Waals surface area contributed by atoms with Gasteiger partial charge in [-0.1, -0.05) is 50.9 Å². The zero-order valence-electron chi connectivity index (χ0n) is 13.6. The Morgan fingerprint density at radius 3 is 2.68 bits per heavy atom. The van der Waals surface area contributed by atoms with E-state index in [4.69, 9.17) is 0 Å². The van der Waals surface area contributed by atoms with Crippen molar-refractivity contribution >= 4 is 5.78 Å². The zero-order valence-corrected chi connectivity index (χ0v) is 13.6. The molecule has 0 amide bonds. The quantitative estimate of drug-likeness (QED) is 0.771. The lowest BCUT2D eigenvalue weighted by atomic mass is 9.50. The van der Waals surface area contributed by atoms with Gasteiger partial charge in [-0.2, -0.15) is 0 Å². The molecule has 3 heteroatoms. The highest BCUT2D eigenvalue weighted by molar-refractivity contribution is 5.91. The van der Waals surface area contributed by atoms with Crippen molar-refractivity contribution in [1.29, 1.82) is 0 Å². The first-order chi connectivity index (χ1) is 10.5. The minimum Gasteiger partial charge on any atom is -0.392 e. The van der Waals surface area contributed by atoms with Crippen LogP contribution in [0.1, 0.15) is 64.7 Å². The van der Waals surface area contributed by atoms with Crippen LogP contribution < -0.4 is 0 Å². The van der Waals surface area contributed by atoms with Gasteiger partial charge in [0.2, 0.25) is 0 Å². The summed E-state index contributed by atoms with van der Waals surface area (Å²) in [7, 11) is 0. The second-order valence-electron chi connectivity index (χ2n) is 7.83. The molecular formula is C19H28O3. The van der Waals surface area contributed by atoms with Crippen LogP contribution in [0.2, 0.25) is 0 Å². The largest absolute Gasteiger partial charge is 0.392 e. The average molecular weight is 304 g/mol. The number of aliphatic hydroxyl groups is 2. The average Bonchev–Trinajstić information content (AvgIpc) is 2.51. The van der Waals surface area contributed by atoms with Gasteiger partial charge in [-0.3, -0.25) is 4.79 Å². The summed E-state index contributed by atoms with van der Waals surface area (Å²) in [5.41, 5.74) is -0.271. The van der Waals surface area contributed by atoms with E-state index in [1.54, 1.807) is 0 Å². The Morgan fingerprint density at radius 2 is 2.00 bits per heavy atom. The van der Waals surface area contributed by atoms with E-state index < -0.39 is 12.2 Å². The highest BCUT2D eigenvalue weighted by Crippen LogP contribution is 2.54. The molecule has 0 unspecified atom stereocenters. The molecule has 3 fully saturated rings. The number of Topliss-reactive ketones (excluding diaryl/α,β-unsaturated/α-hetero) is 1. The van der Waals surface area contributed by atoms with Crippen LogP contribution >= 0.6 is 0 Å². The summed E-state index contributed by atoms with van der Waals surface area (Å²) in [4.78, 5) is 11.9. The van der Waals surface area contributed by atoms with E-state index in [0.29, 0.717) is 24.5 Å². The van der Waals surface area contributed by atoms with Gasteiger partial charge in [-0.15, -0.1) is 0 Å². The summed E-state index contributed by atoms with van der Waals surface area (Å²) in [6, 6.07) is 0. The monoisotopic (exact) mass is 304 g/mol. The molecule has 0 bridgehead atoms. The van der Waals surface area contributed by atoms with E-state index in [1.807, 2.05) is 6.92 Å². The zero-order chi connectivity index (χ0) is 15.7. The number of hydrogen-bond acceptors (Lipinski definition) is 3. The molecule has 0 aromatic rings. The summed E-state index contributed by atoms with van der Waals surface area (Å²) in [6.45, 7) is 2.02. The maximum Gasteiger partial charge on any atom is 0.139 e. The predicted octanol–water partition coefficient (Wildman–Crippen LogP) is 2.69. The first kappa shape index (κ1) is 16.0. The number of hydrogen-bond donors (Lipinski definition) is 2. The summed E-state index contributed by atoms with van der Waals surface area (Å²) in [5, 5.41) is 20.4. The first-order valence-corrected chi connectivity index (χ1v) is 8.91. The second kappa shape index (κ2) is 6.34. The summed E-state index contributed by atoms with van der Waals surface area (Å²) in [6.07, 6.45) is 7.99. The minimum absolute atomic E-state index is 0.141. The molecule has 122 valence electrons. The third-order valence-corrected chi connectivity index (χ3v) is 6.37. The molecule has 2 N–H and O–H groups in total. The summed E-state index contributed by atoms with van der Waals surface area (Å²) >= 11 is 0. The third-order valence-electron chi connectivity index (χ3n) is 6.37. The normalized spacial score (nSPS) is 40.1. The maximum atomic E-state index is 11.9. The standard InChI is InChI=1S/C19H28O3/c1-19-10-9-17(21)15(16(19)12-18(19)22)8-7-14(20)11-13-5-3-2-4-6-13/h13-17,20-21H,2-6,9-12H2,1H3/t14-,15-,16-,17-,19+/m1/s1. The molecule has 3 nitrogen and oxygen atoms in total. The SMILES string of the molecule is C[C@]12CC[C@@H](O)[C@H](C#C[C@@H](O)CC3CCCCC3)[C@H]1CC2=O. The third kappa shape index (κ3) is 2.96. The number of rotatable bonds is 2. The molecule has 0 aromatic heterocycles. The van der Waals surface area contributed by atoms with Crippen molar-refractivity contribution in [2.45, 2.75) is 76.9 Å². The molecule has 0 heterocycles. The number of carbonyl (C=O) groups excluding carboxylic acids is 1. The fourth-order valence-electron chi connectivity index (χ4n) is 4.66. The van der Waals surface area contributed by atoms with Crippen LogP contribution in [-0.4, -0.2) is 28.2 Å².